The SMILES string of the molecule is C=CCOCc1cc(-c2oc3c(N4CCCS4(=O)=O)cc(C)cc3c(=O)c2OCC=C)ccc1OCC=C. The van der Waals surface area contributed by atoms with Crippen molar-refractivity contribution in [3.05, 3.63) is 89.6 Å². The third kappa shape index (κ3) is 5.54. The topological polar surface area (TPSA) is 95.3 Å². The van der Waals surface area contributed by atoms with Crippen LogP contribution >= 0.6 is 0 Å². The van der Waals surface area contributed by atoms with Gasteiger partial charge in [0.15, 0.2) is 11.3 Å². The third-order valence-corrected chi connectivity index (χ3v) is 7.82. The minimum atomic E-state index is -3.52. The normalized spacial score (nSPS) is 14.4. The van der Waals surface area contributed by atoms with Gasteiger partial charge in [-0.1, -0.05) is 31.4 Å². The number of aryl methyl sites for hydroxylation is 1. The van der Waals surface area contributed by atoms with E-state index in [0.29, 0.717) is 43.2 Å². The van der Waals surface area contributed by atoms with Gasteiger partial charge in [0.25, 0.3) is 0 Å². The molecule has 4 rings (SSSR count). The van der Waals surface area contributed by atoms with Crippen molar-refractivity contribution in [1.29, 1.82) is 0 Å². The minimum absolute atomic E-state index is 0.0101. The fraction of sp³-hybridized carbons (Fsp3) is 0.276. The highest BCUT2D eigenvalue weighted by Gasteiger charge is 2.32. The number of nitrogens with zero attached hydrogens (tertiary/aromatic N) is 1. The Morgan fingerprint density at radius 3 is 2.45 bits per heavy atom. The molecule has 0 N–H and O–H groups in total. The molecular formula is C29H31NO7S. The van der Waals surface area contributed by atoms with Crippen molar-refractivity contribution < 1.29 is 27.0 Å². The molecule has 0 bridgehead atoms. The molecule has 0 spiro atoms. The fourth-order valence-electron chi connectivity index (χ4n) is 4.34. The van der Waals surface area contributed by atoms with Crippen molar-refractivity contribution in [2.24, 2.45) is 0 Å². The predicted molar refractivity (Wildman–Crippen MR) is 150 cm³/mol. The molecule has 0 amide bonds. The molecule has 200 valence electrons. The highest BCUT2D eigenvalue weighted by atomic mass is 32.2. The van der Waals surface area contributed by atoms with Gasteiger partial charge >= 0.3 is 0 Å². The Morgan fingerprint density at radius 2 is 1.76 bits per heavy atom. The van der Waals surface area contributed by atoms with Gasteiger partial charge in [0.05, 0.1) is 30.0 Å². The van der Waals surface area contributed by atoms with E-state index >= 15 is 0 Å². The molecule has 0 radical (unpaired) electrons. The van der Waals surface area contributed by atoms with E-state index in [9.17, 15) is 13.2 Å². The number of benzene rings is 2. The molecule has 2 aromatic carbocycles. The van der Waals surface area contributed by atoms with Crippen molar-refractivity contribution in [2.75, 3.05) is 36.4 Å². The Labute approximate surface area is 222 Å². The molecule has 1 fully saturated rings. The second-order valence-electron chi connectivity index (χ2n) is 8.82. The van der Waals surface area contributed by atoms with E-state index in [2.05, 4.69) is 19.7 Å². The highest BCUT2D eigenvalue weighted by Crippen LogP contribution is 2.39. The summed E-state index contributed by atoms with van der Waals surface area (Å²) < 4.78 is 50.5. The van der Waals surface area contributed by atoms with Crippen LogP contribution in [-0.4, -0.2) is 40.5 Å². The zero-order valence-corrected chi connectivity index (χ0v) is 22.2. The second-order valence-corrected chi connectivity index (χ2v) is 10.8. The number of hydrogen-bond donors (Lipinski definition) is 0. The second kappa shape index (κ2) is 11.7. The zero-order chi connectivity index (χ0) is 27.3. The molecule has 3 aromatic rings. The van der Waals surface area contributed by atoms with Crippen molar-refractivity contribution >= 4 is 26.7 Å². The van der Waals surface area contributed by atoms with Crippen molar-refractivity contribution in [3.8, 4) is 22.8 Å². The van der Waals surface area contributed by atoms with Crippen LogP contribution in [0.2, 0.25) is 0 Å². The summed E-state index contributed by atoms with van der Waals surface area (Å²) >= 11 is 0. The monoisotopic (exact) mass is 537 g/mol. The van der Waals surface area contributed by atoms with Crippen LogP contribution in [0, 0.1) is 6.92 Å². The summed E-state index contributed by atoms with van der Waals surface area (Å²) in [6.07, 6.45) is 5.32. The summed E-state index contributed by atoms with van der Waals surface area (Å²) in [5, 5.41) is 0.241. The van der Waals surface area contributed by atoms with Gasteiger partial charge in [-0.3, -0.25) is 9.10 Å². The van der Waals surface area contributed by atoms with Crippen molar-refractivity contribution in [2.45, 2.75) is 20.0 Å². The molecule has 0 atom stereocenters. The lowest BCUT2D eigenvalue weighted by atomic mass is 10.0. The summed E-state index contributed by atoms with van der Waals surface area (Å²) in [4.78, 5) is 13.8. The van der Waals surface area contributed by atoms with E-state index in [0.717, 1.165) is 11.1 Å². The summed E-state index contributed by atoms with van der Waals surface area (Å²) in [5.41, 5.74) is 2.11. The van der Waals surface area contributed by atoms with Crippen molar-refractivity contribution in [1.82, 2.24) is 0 Å². The van der Waals surface area contributed by atoms with Crippen molar-refractivity contribution in [3.63, 3.8) is 0 Å². The lowest BCUT2D eigenvalue weighted by Crippen LogP contribution is -2.25. The lowest BCUT2D eigenvalue weighted by molar-refractivity contribution is 0.146. The molecule has 9 heteroatoms. The Morgan fingerprint density at radius 1 is 1.03 bits per heavy atom. The van der Waals surface area contributed by atoms with E-state index in [1.54, 1.807) is 49.4 Å². The third-order valence-electron chi connectivity index (χ3n) is 5.96. The fourth-order valence-corrected chi connectivity index (χ4v) is 5.89. The quantitative estimate of drug-likeness (QED) is 0.233. The molecule has 0 aliphatic carbocycles. The number of sulfonamides is 1. The summed E-state index contributed by atoms with van der Waals surface area (Å²) in [5.74, 6) is 0.816. The highest BCUT2D eigenvalue weighted by molar-refractivity contribution is 7.93. The zero-order valence-electron chi connectivity index (χ0n) is 21.4. The molecule has 8 nitrogen and oxygen atoms in total. The molecule has 1 aliphatic heterocycles. The van der Waals surface area contributed by atoms with E-state index in [1.807, 2.05) is 0 Å². The van der Waals surface area contributed by atoms with Crippen LogP contribution in [0.3, 0.4) is 0 Å². The van der Waals surface area contributed by atoms with Crippen LogP contribution in [-0.2, 0) is 21.4 Å². The van der Waals surface area contributed by atoms with Gasteiger partial charge in [0, 0.05) is 17.7 Å². The van der Waals surface area contributed by atoms with Gasteiger partial charge in [0.1, 0.15) is 19.0 Å². The van der Waals surface area contributed by atoms with Gasteiger partial charge < -0.3 is 18.6 Å². The average Bonchev–Trinajstić information content (AvgIpc) is 3.25. The maximum absolute atomic E-state index is 13.8. The molecule has 0 unspecified atom stereocenters. The minimum Gasteiger partial charge on any atom is -0.489 e. The summed E-state index contributed by atoms with van der Waals surface area (Å²) in [6, 6.07) is 8.71. The van der Waals surface area contributed by atoms with Crippen LogP contribution in [0.15, 0.2) is 77.5 Å². The first-order valence-electron chi connectivity index (χ1n) is 12.2. The maximum Gasteiger partial charge on any atom is 0.235 e. The Kier molecular flexibility index (Phi) is 8.38. The number of fused-ring (bicyclic) bond motifs is 1. The number of ether oxygens (including phenoxy) is 3. The molecule has 1 aromatic heterocycles. The molecular weight excluding hydrogens is 506 g/mol. The Bertz CT molecular complexity index is 1540. The number of hydrogen-bond acceptors (Lipinski definition) is 7. The van der Waals surface area contributed by atoms with Crippen LogP contribution in [0.5, 0.6) is 11.5 Å². The van der Waals surface area contributed by atoms with Crippen LogP contribution < -0.4 is 19.2 Å². The van der Waals surface area contributed by atoms with E-state index < -0.39 is 15.5 Å². The first-order valence-corrected chi connectivity index (χ1v) is 13.8. The molecule has 38 heavy (non-hydrogen) atoms. The summed E-state index contributed by atoms with van der Waals surface area (Å²) in [7, 11) is -3.52. The lowest BCUT2D eigenvalue weighted by Gasteiger charge is -2.20. The van der Waals surface area contributed by atoms with Crippen LogP contribution in [0.4, 0.5) is 5.69 Å². The van der Waals surface area contributed by atoms with E-state index in [-0.39, 0.29) is 41.4 Å². The number of anilines is 1. The largest absolute Gasteiger partial charge is 0.489 e. The average molecular weight is 538 g/mol. The van der Waals surface area contributed by atoms with Crippen LogP contribution in [0.1, 0.15) is 17.5 Å². The first-order chi connectivity index (χ1) is 18.3. The Hall–Kier alpha value is -3.82. The number of rotatable bonds is 12. The predicted octanol–water partition coefficient (Wildman–Crippen LogP) is 5.14. The standard InChI is InChI=1S/C29H31NO7S/c1-5-12-34-19-22-18-21(9-10-25(22)35-13-6-2)27-29(36-14-7-3)26(31)23-16-20(4)17-24(28(23)37-27)30-11-8-15-38(30,32)33/h5-7,9-10,16-18H,1-3,8,11-15,19H2,4H3. The van der Waals surface area contributed by atoms with Gasteiger partial charge in [0.2, 0.25) is 21.2 Å². The summed E-state index contributed by atoms with van der Waals surface area (Å²) in [6.45, 7) is 14.1. The molecule has 0 saturated carbocycles. The Balaban J connectivity index is 1.96. The van der Waals surface area contributed by atoms with E-state index in [4.69, 9.17) is 18.6 Å². The van der Waals surface area contributed by atoms with Crippen LogP contribution in [0.25, 0.3) is 22.3 Å². The van der Waals surface area contributed by atoms with Gasteiger partial charge in [-0.2, -0.15) is 0 Å². The van der Waals surface area contributed by atoms with Gasteiger partial charge in [-0.05, 0) is 49.2 Å². The first kappa shape index (κ1) is 27.2. The maximum atomic E-state index is 13.8. The smallest absolute Gasteiger partial charge is 0.235 e. The molecule has 2 heterocycles. The molecule has 1 aliphatic rings. The van der Waals surface area contributed by atoms with E-state index in [1.165, 1.54) is 10.4 Å². The van der Waals surface area contributed by atoms with Gasteiger partial charge in [-0.25, -0.2) is 8.42 Å². The molecule has 1 saturated heterocycles. The van der Waals surface area contributed by atoms with Gasteiger partial charge in [-0.15, -0.1) is 6.58 Å².